The topological polar surface area (TPSA) is 17.1 Å². The summed E-state index contributed by atoms with van der Waals surface area (Å²) in [6, 6.07) is 10.4. The van der Waals surface area contributed by atoms with E-state index in [1.165, 1.54) is 11.1 Å². The van der Waals surface area contributed by atoms with Gasteiger partial charge < -0.3 is 4.79 Å². The molecule has 16 heavy (non-hydrogen) atoms. The van der Waals surface area contributed by atoms with Crippen molar-refractivity contribution in [3.05, 3.63) is 52.8 Å². The third kappa shape index (κ3) is 4.77. The predicted molar refractivity (Wildman–Crippen MR) is 67.3 cm³/mol. The Morgan fingerprint density at radius 3 is 2.50 bits per heavy atom. The van der Waals surface area contributed by atoms with Crippen LogP contribution in [0, 0.1) is 0 Å². The van der Waals surface area contributed by atoms with Gasteiger partial charge in [-0.05, 0) is 43.4 Å². The number of carbonyl (C=O) groups excluding carboxylic acids is 1. The maximum atomic E-state index is 10.3. The molecule has 1 aromatic rings. The first-order chi connectivity index (χ1) is 7.72. The first-order valence-electron chi connectivity index (χ1n) is 5.62. The summed E-state index contributed by atoms with van der Waals surface area (Å²) in [6.45, 7) is 4.01. The van der Waals surface area contributed by atoms with Crippen LogP contribution in [0.5, 0.6) is 0 Å². The van der Waals surface area contributed by atoms with Gasteiger partial charge in [-0.2, -0.15) is 0 Å². The van der Waals surface area contributed by atoms with Crippen LogP contribution in [0.2, 0.25) is 0 Å². The number of hydrogen-bond donors (Lipinski definition) is 0. The van der Waals surface area contributed by atoms with Crippen molar-refractivity contribution in [2.75, 3.05) is 0 Å². The van der Waals surface area contributed by atoms with Crippen LogP contribution in [0.3, 0.4) is 0 Å². The number of aryl methyl sites for hydroxylation is 1. The molecule has 0 N–H and O–H groups in total. The molecule has 1 heteroatoms. The molecule has 0 unspecified atom stereocenters. The fraction of sp³-hybridized carbons (Fsp3) is 0.333. The lowest BCUT2D eigenvalue weighted by atomic mass is 10.1. The van der Waals surface area contributed by atoms with E-state index in [4.69, 9.17) is 0 Å². The molecule has 0 saturated heterocycles. The van der Waals surface area contributed by atoms with E-state index in [1.807, 2.05) is 13.0 Å². The fourth-order valence-corrected chi connectivity index (χ4v) is 1.58. The second-order valence-corrected chi connectivity index (χ2v) is 4.04. The summed E-state index contributed by atoms with van der Waals surface area (Å²) >= 11 is 0. The van der Waals surface area contributed by atoms with E-state index >= 15 is 0 Å². The first-order valence-corrected chi connectivity index (χ1v) is 5.62. The Morgan fingerprint density at radius 2 is 1.88 bits per heavy atom. The van der Waals surface area contributed by atoms with Crippen LogP contribution >= 0.6 is 0 Å². The van der Waals surface area contributed by atoms with Gasteiger partial charge in [0.25, 0.3) is 0 Å². The van der Waals surface area contributed by atoms with E-state index in [9.17, 15) is 4.79 Å². The van der Waals surface area contributed by atoms with Gasteiger partial charge in [-0.1, -0.05) is 30.3 Å². The van der Waals surface area contributed by atoms with E-state index in [0.717, 1.165) is 24.7 Å². The highest BCUT2D eigenvalue weighted by Crippen LogP contribution is 2.08. The molecular formula is C15H18O. The minimum absolute atomic E-state index is 0.489. The monoisotopic (exact) mass is 214 g/mol. The van der Waals surface area contributed by atoms with Gasteiger partial charge in [0, 0.05) is 6.42 Å². The molecule has 1 nitrogen and oxygen atoms in total. The summed E-state index contributed by atoms with van der Waals surface area (Å²) in [5, 5.41) is 0. The van der Waals surface area contributed by atoms with Crippen molar-refractivity contribution in [1.29, 1.82) is 0 Å². The molecule has 1 aromatic carbocycles. The van der Waals surface area contributed by atoms with Crippen LogP contribution < -0.4 is 0 Å². The molecule has 84 valence electrons. The summed E-state index contributed by atoms with van der Waals surface area (Å²) in [6.07, 6.45) is 3.45. The SMILES string of the molecule is CC(=C=C(C)CCc1ccccc1)CC=O. The highest BCUT2D eigenvalue weighted by atomic mass is 16.1. The van der Waals surface area contributed by atoms with Gasteiger partial charge in [0.05, 0.1) is 0 Å². The molecule has 1 rings (SSSR count). The molecule has 0 amide bonds. The van der Waals surface area contributed by atoms with E-state index in [1.54, 1.807) is 0 Å². The lowest BCUT2D eigenvalue weighted by Crippen LogP contribution is -1.85. The molecule has 0 aromatic heterocycles. The van der Waals surface area contributed by atoms with Crippen LogP contribution in [0.25, 0.3) is 0 Å². The Labute approximate surface area is 97.5 Å². The number of aldehydes is 1. The van der Waals surface area contributed by atoms with Crippen molar-refractivity contribution in [3.8, 4) is 0 Å². The number of rotatable bonds is 5. The molecule has 0 spiro atoms. The zero-order chi connectivity index (χ0) is 11.8. The Morgan fingerprint density at radius 1 is 1.19 bits per heavy atom. The largest absolute Gasteiger partial charge is 0.303 e. The van der Waals surface area contributed by atoms with Crippen molar-refractivity contribution in [2.24, 2.45) is 0 Å². The minimum atomic E-state index is 0.489. The van der Waals surface area contributed by atoms with Crippen LogP contribution in [0.1, 0.15) is 32.3 Å². The number of benzene rings is 1. The Hall–Kier alpha value is -1.59. The zero-order valence-electron chi connectivity index (χ0n) is 9.99. The molecule has 0 fully saturated rings. The van der Waals surface area contributed by atoms with Gasteiger partial charge in [0.2, 0.25) is 0 Å². The maximum Gasteiger partial charge on any atom is 0.124 e. The number of allylic oxidation sites excluding steroid dienone is 1. The normalized spacial score (nSPS) is 9.38. The van der Waals surface area contributed by atoms with Crippen LogP contribution in [0.4, 0.5) is 0 Å². The van der Waals surface area contributed by atoms with Crippen LogP contribution in [-0.2, 0) is 11.2 Å². The second-order valence-electron chi connectivity index (χ2n) is 4.04. The minimum Gasteiger partial charge on any atom is -0.303 e. The standard InChI is InChI=1S/C15H18O/c1-13(12-14(2)10-11-16)8-9-15-6-4-3-5-7-15/h3-7,11H,8-10H2,1-2H3. The Kier molecular flexibility index (Phi) is 5.31. The van der Waals surface area contributed by atoms with Gasteiger partial charge in [0.15, 0.2) is 0 Å². The lowest BCUT2D eigenvalue weighted by Gasteiger charge is -2.00. The number of carbonyl (C=O) groups is 1. The van der Waals surface area contributed by atoms with Gasteiger partial charge in [0.1, 0.15) is 6.29 Å². The number of hydrogen-bond acceptors (Lipinski definition) is 1. The zero-order valence-corrected chi connectivity index (χ0v) is 9.99. The summed E-state index contributed by atoms with van der Waals surface area (Å²) in [5.74, 6) is 0. The molecule has 0 radical (unpaired) electrons. The average Bonchev–Trinajstić information content (AvgIpc) is 2.28. The van der Waals surface area contributed by atoms with Gasteiger partial charge in [-0.3, -0.25) is 0 Å². The first kappa shape index (κ1) is 12.5. The van der Waals surface area contributed by atoms with Gasteiger partial charge >= 0.3 is 0 Å². The Bertz CT molecular complexity index is 395. The molecule has 0 bridgehead atoms. The quantitative estimate of drug-likeness (QED) is 0.539. The van der Waals surface area contributed by atoms with E-state index in [0.29, 0.717) is 6.42 Å². The third-order valence-electron chi connectivity index (χ3n) is 2.45. The van der Waals surface area contributed by atoms with Crippen molar-refractivity contribution in [1.82, 2.24) is 0 Å². The molecule has 0 atom stereocenters. The molecule has 0 saturated carbocycles. The van der Waals surface area contributed by atoms with Crippen molar-refractivity contribution < 1.29 is 4.79 Å². The van der Waals surface area contributed by atoms with E-state index in [2.05, 4.69) is 36.9 Å². The molecule has 0 aliphatic rings. The van der Waals surface area contributed by atoms with Crippen molar-refractivity contribution in [2.45, 2.75) is 33.1 Å². The highest BCUT2D eigenvalue weighted by Gasteiger charge is 1.93. The summed E-state index contributed by atoms with van der Waals surface area (Å²) in [7, 11) is 0. The van der Waals surface area contributed by atoms with Crippen LogP contribution in [0.15, 0.2) is 47.2 Å². The molecule has 0 aliphatic heterocycles. The smallest absolute Gasteiger partial charge is 0.124 e. The van der Waals surface area contributed by atoms with E-state index in [-0.39, 0.29) is 0 Å². The Balaban J connectivity index is 2.56. The maximum absolute atomic E-state index is 10.3. The third-order valence-corrected chi connectivity index (χ3v) is 2.45. The average molecular weight is 214 g/mol. The summed E-state index contributed by atoms with van der Waals surface area (Å²) in [4.78, 5) is 10.3. The van der Waals surface area contributed by atoms with E-state index < -0.39 is 0 Å². The summed E-state index contributed by atoms with van der Waals surface area (Å²) in [5.41, 5.74) is 6.82. The molecule has 0 heterocycles. The van der Waals surface area contributed by atoms with Crippen molar-refractivity contribution >= 4 is 6.29 Å². The fourth-order valence-electron chi connectivity index (χ4n) is 1.58. The highest BCUT2D eigenvalue weighted by molar-refractivity contribution is 5.53. The molecule has 0 aliphatic carbocycles. The van der Waals surface area contributed by atoms with Crippen molar-refractivity contribution in [3.63, 3.8) is 0 Å². The van der Waals surface area contributed by atoms with Gasteiger partial charge in [-0.25, -0.2) is 0 Å². The second kappa shape index (κ2) is 6.81. The lowest BCUT2D eigenvalue weighted by molar-refractivity contribution is -0.107. The molecular weight excluding hydrogens is 196 g/mol. The van der Waals surface area contributed by atoms with Gasteiger partial charge in [-0.15, -0.1) is 5.73 Å². The predicted octanol–water partition coefficient (Wildman–Crippen LogP) is 3.70. The summed E-state index contributed by atoms with van der Waals surface area (Å²) < 4.78 is 0. The van der Waals surface area contributed by atoms with Crippen LogP contribution in [-0.4, -0.2) is 6.29 Å².